The van der Waals surface area contributed by atoms with Crippen LogP contribution in [0.3, 0.4) is 0 Å². The molecule has 0 aliphatic carbocycles. The van der Waals surface area contributed by atoms with Crippen molar-refractivity contribution in [2.45, 2.75) is 44.8 Å². The number of likely N-dealkylation sites (tertiary alicyclic amines) is 1. The molecule has 0 radical (unpaired) electrons. The zero-order valence-corrected chi connectivity index (χ0v) is 15.5. The first-order valence-corrected chi connectivity index (χ1v) is 9.11. The molecular weight excluding hydrogens is 314 g/mol. The minimum atomic E-state index is -0.810. The minimum absolute atomic E-state index is 0.467. The monoisotopic (exact) mass is 343 g/mol. The van der Waals surface area contributed by atoms with Crippen LogP contribution >= 0.6 is 0 Å². The Morgan fingerprint density at radius 1 is 1.40 bits per heavy atom. The van der Waals surface area contributed by atoms with Gasteiger partial charge in [-0.3, -0.25) is 9.88 Å². The van der Waals surface area contributed by atoms with E-state index in [0.29, 0.717) is 19.1 Å². The highest BCUT2D eigenvalue weighted by Gasteiger charge is 2.28. The van der Waals surface area contributed by atoms with Gasteiger partial charge in [-0.1, -0.05) is 12.5 Å². The van der Waals surface area contributed by atoms with E-state index in [1.165, 1.54) is 19.3 Å². The van der Waals surface area contributed by atoms with Crippen molar-refractivity contribution >= 4 is 16.6 Å². The van der Waals surface area contributed by atoms with Gasteiger partial charge in [0.1, 0.15) is 5.75 Å². The average molecular weight is 343 g/mol. The number of hydrogen-bond donors (Lipinski definition) is 2. The van der Waals surface area contributed by atoms with Crippen LogP contribution in [-0.2, 0) is 0 Å². The minimum Gasteiger partial charge on any atom is -0.497 e. The summed E-state index contributed by atoms with van der Waals surface area (Å²) in [6.07, 6.45) is 5.51. The zero-order valence-electron chi connectivity index (χ0n) is 15.5. The summed E-state index contributed by atoms with van der Waals surface area (Å²) in [4.78, 5) is 6.87. The van der Waals surface area contributed by atoms with E-state index in [-0.39, 0.29) is 0 Å². The molecular formula is C20H29N3O2. The van der Waals surface area contributed by atoms with E-state index in [2.05, 4.69) is 22.1 Å². The second kappa shape index (κ2) is 7.58. The Balaban J connectivity index is 1.72. The summed E-state index contributed by atoms with van der Waals surface area (Å²) >= 11 is 0. The molecule has 1 aromatic heterocycles. The summed E-state index contributed by atoms with van der Waals surface area (Å²) in [6.45, 7) is 6.37. The Morgan fingerprint density at radius 3 is 3.00 bits per heavy atom. The van der Waals surface area contributed by atoms with Crippen LogP contribution in [0.1, 0.15) is 33.1 Å². The molecule has 5 nitrogen and oxygen atoms in total. The van der Waals surface area contributed by atoms with Crippen molar-refractivity contribution in [3.8, 4) is 5.75 Å². The molecule has 1 fully saturated rings. The number of benzene rings is 1. The van der Waals surface area contributed by atoms with E-state index in [0.717, 1.165) is 28.9 Å². The standard InChI is InChI=1S/C20H29N3O2/c1-15-7-4-5-10-23(15)14-20(2,24)13-22-18-12-17(25-3)11-16-8-6-9-21-19(16)18/h6,8-9,11-12,15,22,24H,4-5,7,10,13-14H2,1-3H3. The molecule has 1 saturated heterocycles. The van der Waals surface area contributed by atoms with Gasteiger partial charge in [-0.15, -0.1) is 0 Å². The fraction of sp³-hybridized carbons (Fsp3) is 0.550. The summed E-state index contributed by atoms with van der Waals surface area (Å²) < 4.78 is 5.39. The Labute approximate surface area is 150 Å². The lowest BCUT2D eigenvalue weighted by molar-refractivity contribution is 0.00923. The number of piperidine rings is 1. The molecule has 2 unspecified atom stereocenters. The van der Waals surface area contributed by atoms with Crippen molar-refractivity contribution in [2.75, 3.05) is 32.1 Å². The first kappa shape index (κ1) is 18.0. The fourth-order valence-corrected chi connectivity index (χ4v) is 3.59. The molecule has 1 aliphatic heterocycles. The molecule has 0 amide bonds. The molecule has 5 heteroatoms. The van der Waals surface area contributed by atoms with Crippen molar-refractivity contribution in [1.29, 1.82) is 0 Å². The number of rotatable bonds is 6. The van der Waals surface area contributed by atoms with E-state index in [1.54, 1.807) is 13.3 Å². The van der Waals surface area contributed by atoms with Crippen LogP contribution in [0.4, 0.5) is 5.69 Å². The number of pyridine rings is 1. The van der Waals surface area contributed by atoms with Gasteiger partial charge in [0.2, 0.25) is 0 Å². The van der Waals surface area contributed by atoms with Gasteiger partial charge in [0, 0.05) is 36.8 Å². The molecule has 3 rings (SSSR count). The maximum absolute atomic E-state index is 10.9. The SMILES string of the molecule is COc1cc(NCC(C)(O)CN2CCCCC2C)c2ncccc2c1. The molecule has 0 spiro atoms. The highest BCUT2D eigenvalue weighted by Crippen LogP contribution is 2.28. The lowest BCUT2D eigenvalue weighted by atomic mass is 9.99. The summed E-state index contributed by atoms with van der Waals surface area (Å²) in [5.41, 5.74) is 0.975. The number of aromatic nitrogens is 1. The number of nitrogens with one attached hydrogen (secondary N) is 1. The molecule has 2 atom stereocenters. The normalized spacial score (nSPS) is 21.0. The fourth-order valence-electron chi connectivity index (χ4n) is 3.59. The van der Waals surface area contributed by atoms with E-state index in [9.17, 15) is 5.11 Å². The third-order valence-electron chi connectivity index (χ3n) is 5.06. The largest absolute Gasteiger partial charge is 0.497 e. The zero-order chi connectivity index (χ0) is 17.9. The quantitative estimate of drug-likeness (QED) is 0.843. The van der Waals surface area contributed by atoms with E-state index >= 15 is 0 Å². The lowest BCUT2D eigenvalue weighted by Crippen LogP contribution is -2.50. The van der Waals surface area contributed by atoms with Gasteiger partial charge in [-0.2, -0.15) is 0 Å². The van der Waals surface area contributed by atoms with Gasteiger partial charge in [-0.05, 0) is 45.4 Å². The summed E-state index contributed by atoms with van der Waals surface area (Å²) in [6, 6.07) is 8.39. The number of ether oxygens (including phenoxy) is 1. The molecule has 2 aromatic rings. The molecule has 1 aromatic carbocycles. The topological polar surface area (TPSA) is 57.6 Å². The number of anilines is 1. The Kier molecular flexibility index (Phi) is 5.45. The van der Waals surface area contributed by atoms with Crippen molar-refractivity contribution in [3.63, 3.8) is 0 Å². The van der Waals surface area contributed by atoms with Gasteiger partial charge in [0.05, 0.1) is 23.9 Å². The number of aliphatic hydroxyl groups is 1. The highest BCUT2D eigenvalue weighted by atomic mass is 16.5. The summed E-state index contributed by atoms with van der Waals surface area (Å²) in [5.74, 6) is 0.785. The van der Waals surface area contributed by atoms with Crippen LogP contribution in [0, 0.1) is 0 Å². The molecule has 25 heavy (non-hydrogen) atoms. The molecule has 0 bridgehead atoms. The maximum Gasteiger partial charge on any atom is 0.121 e. The Hall–Kier alpha value is -1.85. The summed E-state index contributed by atoms with van der Waals surface area (Å²) in [5, 5.41) is 15.3. The Morgan fingerprint density at radius 2 is 2.24 bits per heavy atom. The van der Waals surface area contributed by atoms with Crippen molar-refractivity contribution < 1.29 is 9.84 Å². The van der Waals surface area contributed by atoms with Gasteiger partial charge in [-0.25, -0.2) is 0 Å². The third kappa shape index (κ3) is 4.41. The van der Waals surface area contributed by atoms with Crippen molar-refractivity contribution in [1.82, 2.24) is 9.88 Å². The Bertz CT molecular complexity index is 717. The first-order chi connectivity index (χ1) is 12.0. The third-order valence-corrected chi connectivity index (χ3v) is 5.06. The van der Waals surface area contributed by atoms with Gasteiger partial charge < -0.3 is 15.2 Å². The van der Waals surface area contributed by atoms with Gasteiger partial charge >= 0.3 is 0 Å². The predicted molar refractivity (Wildman–Crippen MR) is 102 cm³/mol. The lowest BCUT2D eigenvalue weighted by Gasteiger charge is -2.38. The van der Waals surface area contributed by atoms with Crippen LogP contribution in [0.2, 0.25) is 0 Å². The summed E-state index contributed by atoms with van der Waals surface area (Å²) in [7, 11) is 1.66. The number of β-amino-alcohol motifs (C(OH)–C–C–N with tert-alkyl or cyclic N) is 1. The number of methoxy groups -OCH3 is 1. The van der Waals surface area contributed by atoms with E-state index in [1.807, 2.05) is 31.2 Å². The smallest absolute Gasteiger partial charge is 0.121 e. The highest BCUT2D eigenvalue weighted by molar-refractivity contribution is 5.91. The van der Waals surface area contributed by atoms with Crippen molar-refractivity contribution in [2.24, 2.45) is 0 Å². The van der Waals surface area contributed by atoms with Crippen molar-refractivity contribution in [3.05, 3.63) is 30.5 Å². The van der Waals surface area contributed by atoms with Gasteiger partial charge in [0.15, 0.2) is 0 Å². The predicted octanol–water partition coefficient (Wildman–Crippen LogP) is 3.28. The molecule has 1 aliphatic rings. The molecule has 136 valence electrons. The van der Waals surface area contributed by atoms with Crippen LogP contribution in [-0.4, -0.2) is 53.4 Å². The van der Waals surface area contributed by atoms with Gasteiger partial charge in [0.25, 0.3) is 0 Å². The second-order valence-corrected chi connectivity index (χ2v) is 7.42. The van der Waals surface area contributed by atoms with Crippen LogP contribution in [0.15, 0.2) is 30.5 Å². The first-order valence-electron chi connectivity index (χ1n) is 9.11. The maximum atomic E-state index is 10.9. The van der Waals surface area contributed by atoms with Crippen LogP contribution in [0.5, 0.6) is 5.75 Å². The van der Waals surface area contributed by atoms with E-state index in [4.69, 9.17) is 4.74 Å². The number of hydrogen-bond acceptors (Lipinski definition) is 5. The molecule has 0 saturated carbocycles. The average Bonchev–Trinajstić information content (AvgIpc) is 2.61. The molecule has 2 N–H and O–H groups in total. The number of nitrogens with zero attached hydrogens (tertiary/aromatic N) is 2. The molecule has 2 heterocycles. The van der Waals surface area contributed by atoms with Crippen LogP contribution in [0.25, 0.3) is 10.9 Å². The number of fused-ring (bicyclic) bond motifs is 1. The van der Waals surface area contributed by atoms with Crippen LogP contribution < -0.4 is 10.1 Å². The second-order valence-electron chi connectivity index (χ2n) is 7.42. The van der Waals surface area contributed by atoms with E-state index < -0.39 is 5.60 Å².